The molecule has 1 atom stereocenters. The average Bonchev–Trinajstić information content (AvgIpc) is 2.79. The molecule has 186 valence electrons. The maximum atomic E-state index is 14.3. The number of nitrogens with zero attached hydrogens (tertiary/aromatic N) is 2. The Bertz CT molecular complexity index is 1230. The fourth-order valence-corrected chi connectivity index (χ4v) is 4.12. The van der Waals surface area contributed by atoms with Gasteiger partial charge < -0.3 is 19.5 Å². The summed E-state index contributed by atoms with van der Waals surface area (Å²) in [5.41, 5.74) is 0.678. The van der Waals surface area contributed by atoms with Gasteiger partial charge in [0, 0.05) is 25.1 Å². The highest BCUT2D eigenvalue weighted by atomic mass is 35.5. The molecule has 3 rings (SSSR count). The number of aromatic nitrogens is 2. The van der Waals surface area contributed by atoms with E-state index in [1.54, 1.807) is 31.2 Å². The van der Waals surface area contributed by atoms with Gasteiger partial charge in [-0.05, 0) is 25.1 Å². The second-order valence-electron chi connectivity index (χ2n) is 7.02. The second-order valence-corrected chi connectivity index (χ2v) is 9.61. The number of rotatable bonds is 11. The molecule has 0 aliphatic heterocycles. The number of methoxy groups -OCH3 is 2. The number of benzene rings is 2. The summed E-state index contributed by atoms with van der Waals surface area (Å²) in [7, 11) is -0.614. The van der Waals surface area contributed by atoms with Gasteiger partial charge >= 0.3 is 0 Å². The van der Waals surface area contributed by atoms with Crippen molar-refractivity contribution in [3.05, 3.63) is 47.5 Å². The minimum atomic E-state index is -3.52. The molecule has 1 heterocycles. The minimum Gasteiger partial charge on any atom is -0.493 e. The highest BCUT2D eigenvalue weighted by Crippen LogP contribution is 2.35. The molecule has 2 N–H and O–H groups in total. The Morgan fingerprint density at radius 2 is 1.94 bits per heavy atom. The summed E-state index contributed by atoms with van der Waals surface area (Å²) in [5.74, 6) is 0.501. The van der Waals surface area contributed by atoms with Crippen LogP contribution in [0.2, 0.25) is 5.02 Å². The van der Waals surface area contributed by atoms with Gasteiger partial charge in [-0.3, -0.25) is 0 Å². The molecule has 9 nitrogen and oxygen atoms in total. The van der Waals surface area contributed by atoms with Gasteiger partial charge in [0.2, 0.25) is 10.0 Å². The Morgan fingerprint density at radius 1 is 1.18 bits per heavy atom. The molecule has 34 heavy (non-hydrogen) atoms. The van der Waals surface area contributed by atoms with Gasteiger partial charge in [-0.2, -0.15) is 0 Å². The number of sulfonamides is 1. The number of anilines is 2. The Kier molecular flexibility index (Phi) is 10.1. The number of hydrogen-bond acceptors (Lipinski definition) is 8. The molecule has 0 aliphatic carbocycles. The molecule has 13 heteroatoms. The lowest BCUT2D eigenvalue weighted by molar-refractivity contribution is 0.200. The van der Waals surface area contributed by atoms with E-state index in [1.807, 2.05) is 0 Å². The molecule has 1 unspecified atom stereocenters. The van der Waals surface area contributed by atoms with Crippen molar-refractivity contribution in [3.8, 4) is 11.5 Å². The molecule has 0 fully saturated rings. The van der Waals surface area contributed by atoms with Gasteiger partial charge in [0.1, 0.15) is 18.8 Å². The molecular formula is C21H25Cl2FN4O5S. The third-order valence-electron chi connectivity index (χ3n) is 4.72. The third-order valence-corrected chi connectivity index (χ3v) is 6.81. The van der Waals surface area contributed by atoms with E-state index in [2.05, 4.69) is 20.0 Å². The van der Waals surface area contributed by atoms with Crippen molar-refractivity contribution >= 4 is 56.4 Å². The van der Waals surface area contributed by atoms with Crippen molar-refractivity contribution in [2.75, 3.05) is 39.3 Å². The van der Waals surface area contributed by atoms with E-state index in [0.29, 0.717) is 28.2 Å². The fourth-order valence-electron chi connectivity index (χ4n) is 2.98. The van der Waals surface area contributed by atoms with Crippen molar-refractivity contribution in [3.63, 3.8) is 0 Å². The van der Waals surface area contributed by atoms with Crippen LogP contribution in [0.1, 0.15) is 6.92 Å². The molecule has 1 aromatic heterocycles. The van der Waals surface area contributed by atoms with E-state index in [1.165, 1.54) is 26.6 Å². The third kappa shape index (κ3) is 6.57. The standard InChI is InChI=1S/C21H24ClFN4O5S.ClH/c1-13(11-30-2)33(28,29)26-7-8-32-19-10-17-14(9-18(19)31-3)21(25-12-24-17)27-16-6-4-5-15(22)20(16)23;/h4-6,9-10,12-13,26H,7-8,11H2,1-3H3,(H,24,25,27);1H. The average molecular weight is 535 g/mol. The van der Waals surface area contributed by atoms with Gasteiger partial charge in [0.15, 0.2) is 17.3 Å². The fraction of sp³-hybridized carbons (Fsp3) is 0.333. The van der Waals surface area contributed by atoms with Crippen LogP contribution in [0.25, 0.3) is 10.9 Å². The number of halogens is 3. The van der Waals surface area contributed by atoms with E-state index in [-0.39, 0.29) is 42.9 Å². The molecule has 0 radical (unpaired) electrons. The topological polar surface area (TPSA) is 112 Å². The molecular weight excluding hydrogens is 510 g/mol. The molecule has 0 aliphatic rings. The summed E-state index contributed by atoms with van der Waals surface area (Å²) in [6.45, 7) is 1.76. The van der Waals surface area contributed by atoms with Gasteiger partial charge in [-0.15, -0.1) is 12.4 Å². The summed E-state index contributed by atoms with van der Waals surface area (Å²) in [6, 6.07) is 7.90. The van der Waals surface area contributed by atoms with E-state index < -0.39 is 21.1 Å². The zero-order valence-electron chi connectivity index (χ0n) is 18.7. The first-order valence-electron chi connectivity index (χ1n) is 9.90. The molecule has 0 saturated carbocycles. The Hall–Kier alpha value is -2.44. The van der Waals surface area contributed by atoms with Crippen molar-refractivity contribution in [1.82, 2.24) is 14.7 Å². The van der Waals surface area contributed by atoms with Gasteiger partial charge in [0.25, 0.3) is 0 Å². The quantitative estimate of drug-likeness (QED) is 0.356. The Morgan fingerprint density at radius 3 is 2.65 bits per heavy atom. The zero-order chi connectivity index (χ0) is 24.0. The smallest absolute Gasteiger partial charge is 0.216 e. The predicted octanol–water partition coefficient (Wildman–Crippen LogP) is 3.93. The van der Waals surface area contributed by atoms with Crippen LogP contribution in [-0.4, -0.2) is 57.6 Å². The maximum absolute atomic E-state index is 14.3. The Balaban J connectivity index is 0.00000408. The lowest BCUT2D eigenvalue weighted by atomic mass is 10.2. The second kappa shape index (κ2) is 12.3. The predicted molar refractivity (Wildman–Crippen MR) is 132 cm³/mol. The number of hydrogen-bond donors (Lipinski definition) is 2. The van der Waals surface area contributed by atoms with E-state index in [4.69, 9.17) is 25.8 Å². The Labute approximate surface area is 208 Å². The molecule has 0 saturated heterocycles. The highest BCUT2D eigenvalue weighted by molar-refractivity contribution is 7.90. The van der Waals surface area contributed by atoms with E-state index in [9.17, 15) is 12.8 Å². The minimum absolute atomic E-state index is 0. The lowest BCUT2D eigenvalue weighted by Crippen LogP contribution is -2.37. The largest absolute Gasteiger partial charge is 0.493 e. The molecule has 0 bridgehead atoms. The van der Waals surface area contributed by atoms with E-state index >= 15 is 0 Å². The monoisotopic (exact) mass is 534 g/mol. The first-order valence-corrected chi connectivity index (χ1v) is 11.8. The van der Waals surface area contributed by atoms with Crippen LogP contribution in [0.4, 0.5) is 15.9 Å². The molecule has 0 spiro atoms. The summed E-state index contributed by atoms with van der Waals surface area (Å²) in [5, 5.41) is 2.78. The molecule has 2 aromatic carbocycles. The lowest BCUT2D eigenvalue weighted by Gasteiger charge is -2.15. The van der Waals surface area contributed by atoms with Gasteiger partial charge in [-0.1, -0.05) is 17.7 Å². The normalized spacial score (nSPS) is 12.1. The van der Waals surface area contributed by atoms with Gasteiger partial charge in [-0.25, -0.2) is 27.5 Å². The van der Waals surface area contributed by atoms with Gasteiger partial charge in [0.05, 0.1) is 35.2 Å². The molecule has 3 aromatic rings. The SMILES string of the molecule is COCC(C)S(=O)(=O)NCCOc1cc2ncnc(Nc3cccc(Cl)c3F)c2cc1OC.Cl. The summed E-state index contributed by atoms with van der Waals surface area (Å²) < 4.78 is 57.1. The molecule has 0 amide bonds. The number of fused-ring (bicyclic) bond motifs is 1. The van der Waals surface area contributed by atoms with Crippen LogP contribution in [0.5, 0.6) is 11.5 Å². The van der Waals surface area contributed by atoms with Crippen LogP contribution < -0.4 is 19.5 Å². The zero-order valence-corrected chi connectivity index (χ0v) is 21.1. The summed E-state index contributed by atoms with van der Waals surface area (Å²) in [6.07, 6.45) is 1.33. The first kappa shape index (κ1) is 27.8. The highest BCUT2D eigenvalue weighted by Gasteiger charge is 2.20. The van der Waals surface area contributed by atoms with Crippen LogP contribution in [0.15, 0.2) is 36.7 Å². The maximum Gasteiger partial charge on any atom is 0.216 e. The van der Waals surface area contributed by atoms with Crippen LogP contribution in [0.3, 0.4) is 0 Å². The first-order chi connectivity index (χ1) is 15.8. The van der Waals surface area contributed by atoms with Crippen molar-refractivity contribution in [2.24, 2.45) is 0 Å². The summed E-state index contributed by atoms with van der Waals surface area (Å²) >= 11 is 5.85. The van der Waals surface area contributed by atoms with E-state index in [0.717, 1.165) is 0 Å². The van der Waals surface area contributed by atoms with Crippen molar-refractivity contribution < 1.29 is 27.0 Å². The van der Waals surface area contributed by atoms with Crippen LogP contribution >= 0.6 is 24.0 Å². The summed E-state index contributed by atoms with van der Waals surface area (Å²) in [4.78, 5) is 8.44. The number of ether oxygens (including phenoxy) is 3. The van der Waals surface area contributed by atoms with Crippen molar-refractivity contribution in [2.45, 2.75) is 12.2 Å². The van der Waals surface area contributed by atoms with Crippen molar-refractivity contribution in [1.29, 1.82) is 0 Å². The van der Waals surface area contributed by atoms with Crippen LogP contribution in [0, 0.1) is 5.82 Å². The number of nitrogens with one attached hydrogen (secondary N) is 2. The van der Waals surface area contributed by atoms with Crippen LogP contribution in [-0.2, 0) is 14.8 Å².